The van der Waals surface area contributed by atoms with E-state index in [0.29, 0.717) is 23.3 Å². The number of hydrogen-bond donors (Lipinski definition) is 2. The summed E-state index contributed by atoms with van der Waals surface area (Å²) in [5.41, 5.74) is 0.574. The Labute approximate surface area is 130 Å². The number of amides is 1. The standard InChI is InChI=1S/C15H25N3O2S/c1-15(2,3)13-12(21-18-17-13)14(20)16-8-10-6-4-5-7-11(10)9-19/h10-11,19H,4-9H2,1-3H3,(H,16,20). The minimum absolute atomic E-state index is 0.0859. The highest BCUT2D eigenvalue weighted by molar-refractivity contribution is 7.08. The van der Waals surface area contributed by atoms with E-state index < -0.39 is 0 Å². The van der Waals surface area contributed by atoms with Crippen LogP contribution in [-0.4, -0.2) is 33.8 Å². The van der Waals surface area contributed by atoms with Crippen LogP contribution in [0, 0.1) is 11.8 Å². The maximum absolute atomic E-state index is 12.4. The summed E-state index contributed by atoms with van der Waals surface area (Å²) in [7, 11) is 0. The smallest absolute Gasteiger partial charge is 0.264 e. The molecule has 1 aromatic heterocycles. The van der Waals surface area contributed by atoms with Crippen LogP contribution in [0.15, 0.2) is 0 Å². The van der Waals surface area contributed by atoms with E-state index >= 15 is 0 Å². The third-order valence-corrected chi connectivity index (χ3v) is 4.96. The first-order chi connectivity index (χ1) is 9.93. The molecule has 2 unspecified atom stereocenters. The predicted molar refractivity (Wildman–Crippen MR) is 83.5 cm³/mol. The zero-order valence-corrected chi connectivity index (χ0v) is 13.9. The summed E-state index contributed by atoms with van der Waals surface area (Å²) in [5.74, 6) is 0.615. The molecule has 0 aliphatic heterocycles. The van der Waals surface area contributed by atoms with Crippen molar-refractivity contribution in [3.8, 4) is 0 Å². The van der Waals surface area contributed by atoms with Crippen molar-refractivity contribution in [1.29, 1.82) is 0 Å². The van der Waals surface area contributed by atoms with Gasteiger partial charge in [-0.25, -0.2) is 0 Å². The molecule has 2 rings (SSSR count). The molecule has 1 saturated carbocycles. The molecular weight excluding hydrogens is 286 g/mol. The highest BCUT2D eigenvalue weighted by Gasteiger charge is 2.28. The van der Waals surface area contributed by atoms with Crippen molar-refractivity contribution in [2.45, 2.75) is 51.9 Å². The van der Waals surface area contributed by atoms with Gasteiger partial charge in [0.1, 0.15) is 4.88 Å². The van der Waals surface area contributed by atoms with Crippen molar-refractivity contribution >= 4 is 17.4 Å². The number of carbonyl (C=O) groups excluding carboxylic acids is 1. The highest BCUT2D eigenvalue weighted by Crippen LogP contribution is 2.29. The summed E-state index contributed by atoms with van der Waals surface area (Å²) in [4.78, 5) is 13.0. The molecule has 1 aromatic rings. The van der Waals surface area contributed by atoms with Crippen LogP contribution >= 0.6 is 11.5 Å². The van der Waals surface area contributed by atoms with Gasteiger partial charge in [-0.15, -0.1) is 5.10 Å². The second-order valence-corrected chi connectivity index (χ2v) is 7.65. The Morgan fingerprint density at radius 2 is 2.00 bits per heavy atom. The van der Waals surface area contributed by atoms with Crippen molar-refractivity contribution in [3.63, 3.8) is 0 Å². The third-order valence-electron chi connectivity index (χ3n) is 4.23. The van der Waals surface area contributed by atoms with Gasteiger partial charge in [0.2, 0.25) is 0 Å². The lowest BCUT2D eigenvalue weighted by Crippen LogP contribution is -2.36. The maximum Gasteiger partial charge on any atom is 0.264 e. The Balaban J connectivity index is 1.97. The van der Waals surface area contributed by atoms with Crippen molar-refractivity contribution < 1.29 is 9.90 Å². The van der Waals surface area contributed by atoms with Gasteiger partial charge < -0.3 is 10.4 Å². The second-order valence-electron chi connectivity index (χ2n) is 6.90. The van der Waals surface area contributed by atoms with Gasteiger partial charge in [-0.3, -0.25) is 4.79 Å². The molecule has 21 heavy (non-hydrogen) atoms. The highest BCUT2D eigenvalue weighted by atomic mass is 32.1. The quantitative estimate of drug-likeness (QED) is 0.895. The van der Waals surface area contributed by atoms with Gasteiger partial charge in [-0.2, -0.15) is 0 Å². The van der Waals surface area contributed by atoms with Gasteiger partial charge in [-0.05, 0) is 36.2 Å². The Hall–Kier alpha value is -1.01. The number of hydrogen-bond acceptors (Lipinski definition) is 5. The minimum atomic E-state index is -0.182. The molecule has 6 heteroatoms. The van der Waals surface area contributed by atoms with Crippen LogP contribution in [0.5, 0.6) is 0 Å². The van der Waals surface area contributed by atoms with Crippen molar-refractivity contribution in [1.82, 2.24) is 14.9 Å². The molecule has 1 heterocycles. The largest absolute Gasteiger partial charge is 0.396 e. The lowest BCUT2D eigenvalue weighted by atomic mass is 9.79. The topological polar surface area (TPSA) is 75.1 Å². The molecule has 1 aliphatic carbocycles. The van der Waals surface area contributed by atoms with E-state index in [1.807, 2.05) is 20.8 Å². The number of nitrogens with zero attached hydrogens (tertiary/aromatic N) is 2. The molecule has 2 atom stereocenters. The van der Waals surface area contributed by atoms with Crippen LogP contribution in [0.4, 0.5) is 0 Å². The number of carbonyl (C=O) groups is 1. The third kappa shape index (κ3) is 4.01. The summed E-state index contributed by atoms with van der Waals surface area (Å²) in [6, 6.07) is 0. The zero-order chi connectivity index (χ0) is 15.5. The Morgan fingerprint density at radius 3 is 2.62 bits per heavy atom. The molecule has 0 aromatic carbocycles. The van der Waals surface area contributed by atoms with Crippen LogP contribution in [-0.2, 0) is 5.41 Å². The lowest BCUT2D eigenvalue weighted by Gasteiger charge is -2.30. The summed E-state index contributed by atoms with van der Waals surface area (Å²) in [6.45, 7) is 6.94. The van der Waals surface area contributed by atoms with Gasteiger partial charge in [0.05, 0.1) is 5.69 Å². The fourth-order valence-corrected chi connectivity index (χ4v) is 3.72. The van der Waals surface area contributed by atoms with Crippen LogP contribution in [0.1, 0.15) is 61.8 Å². The first kappa shape index (κ1) is 16.4. The first-order valence-electron chi connectivity index (χ1n) is 7.65. The fraction of sp³-hybridized carbons (Fsp3) is 0.800. The molecule has 1 fully saturated rings. The normalized spacial score (nSPS) is 23.0. The van der Waals surface area contributed by atoms with Gasteiger partial charge in [0, 0.05) is 18.6 Å². The Kier molecular flexibility index (Phi) is 5.32. The number of aromatic nitrogens is 2. The van der Waals surface area contributed by atoms with Gasteiger partial charge in [0.25, 0.3) is 5.91 Å². The molecule has 0 bridgehead atoms. The number of aliphatic hydroxyl groups excluding tert-OH is 1. The van der Waals surface area contributed by atoms with E-state index in [4.69, 9.17) is 0 Å². The number of aliphatic hydroxyl groups is 1. The average Bonchev–Trinajstić information content (AvgIpc) is 2.94. The predicted octanol–water partition coefficient (Wildman–Crippen LogP) is 2.36. The summed E-state index contributed by atoms with van der Waals surface area (Å²) >= 11 is 1.16. The van der Waals surface area contributed by atoms with E-state index in [9.17, 15) is 9.90 Å². The number of rotatable bonds is 4. The average molecular weight is 311 g/mol. The van der Waals surface area contributed by atoms with Gasteiger partial charge >= 0.3 is 0 Å². The maximum atomic E-state index is 12.4. The fourth-order valence-electron chi connectivity index (χ4n) is 2.93. The molecule has 0 spiro atoms. The van der Waals surface area contributed by atoms with Crippen LogP contribution < -0.4 is 5.32 Å². The van der Waals surface area contributed by atoms with Gasteiger partial charge in [0.15, 0.2) is 0 Å². The monoisotopic (exact) mass is 311 g/mol. The van der Waals surface area contributed by atoms with Gasteiger partial charge in [-0.1, -0.05) is 38.1 Å². The zero-order valence-electron chi connectivity index (χ0n) is 13.1. The van der Waals surface area contributed by atoms with E-state index in [2.05, 4.69) is 14.9 Å². The van der Waals surface area contributed by atoms with Crippen molar-refractivity contribution in [2.75, 3.05) is 13.2 Å². The molecule has 0 radical (unpaired) electrons. The van der Waals surface area contributed by atoms with E-state index in [1.165, 1.54) is 12.8 Å². The minimum Gasteiger partial charge on any atom is -0.396 e. The molecule has 1 aliphatic rings. The summed E-state index contributed by atoms with van der Waals surface area (Å²) in [5, 5.41) is 16.5. The van der Waals surface area contributed by atoms with E-state index in [0.717, 1.165) is 30.1 Å². The lowest BCUT2D eigenvalue weighted by molar-refractivity contribution is 0.0911. The van der Waals surface area contributed by atoms with E-state index in [1.54, 1.807) is 0 Å². The Morgan fingerprint density at radius 1 is 1.33 bits per heavy atom. The van der Waals surface area contributed by atoms with Crippen LogP contribution in [0.3, 0.4) is 0 Å². The molecule has 1 amide bonds. The first-order valence-corrected chi connectivity index (χ1v) is 8.42. The van der Waals surface area contributed by atoms with Crippen LogP contribution in [0.25, 0.3) is 0 Å². The van der Waals surface area contributed by atoms with Crippen LogP contribution in [0.2, 0.25) is 0 Å². The summed E-state index contributed by atoms with van der Waals surface area (Å²) in [6.07, 6.45) is 4.51. The summed E-state index contributed by atoms with van der Waals surface area (Å²) < 4.78 is 3.93. The second kappa shape index (κ2) is 6.83. The van der Waals surface area contributed by atoms with Crippen molar-refractivity contribution in [2.24, 2.45) is 11.8 Å². The number of nitrogens with one attached hydrogen (secondary N) is 1. The molecule has 0 saturated heterocycles. The molecule has 5 nitrogen and oxygen atoms in total. The molecule has 118 valence electrons. The van der Waals surface area contributed by atoms with Crippen molar-refractivity contribution in [3.05, 3.63) is 10.6 Å². The Bertz CT molecular complexity index is 482. The van der Waals surface area contributed by atoms with E-state index in [-0.39, 0.29) is 17.9 Å². The SMILES string of the molecule is CC(C)(C)c1nnsc1C(=O)NCC1CCCCC1CO. The molecule has 2 N–H and O–H groups in total. The molecular formula is C15H25N3O2S.